The maximum atomic E-state index is 13.8. The van der Waals surface area contributed by atoms with E-state index in [4.69, 9.17) is 9.84 Å². The Morgan fingerprint density at radius 3 is 2.78 bits per heavy atom. The second kappa shape index (κ2) is 6.42. The molecule has 3 heterocycles. The maximum absolute atomic E-state index is 13.8. The Balaban J connectivity index is 1.62. The minimum atomic E-state index is -0.893. The molecule has 0 spiro atoms. The van der Waals surface area contributed by atoms with E-state index in [1.165, 1.54) is 6.07 Å². The standard InChI is InChI=1S/C20H13BrF2N2OS/c21-12-4-6-18-13(9-12)17-10-16(19-2-1-7-27-19)24-25(17)20(26-18)11-3-5-14(22)15(23)8-11/h1-9,17,20H,10H2/t17-,20+/m0/s1. The van der Waals surface area contributed by atoms with Crippen molar-refractivity contribution < 1.29 is 13.5 Å². The van der Waals surface area contributed by atoms with Gasteiger partial charge in [0.25, 0.3) is 0 Å². The van der Waals surface area contributed by atoms with Crippen LogP contribution in [0.5, 0.6) is 5.75 Å². The van der Waals surface area contributed by atoms with Crippen LogP contribution in [0.15, 0.2) is 63.5 Å². The van der Waals surface area contributed by atoms with Gasteiger partial charge >= 0.3 is 0 Å². The molecule has 0 amide bonds. The van der Waals surface area contributed by atoms with Crippen LogP contribution in [-0.2, 0) is 0 Å². The maximum Gasteiger partial charge on any atom is 0.213 e. The van der Waals surface area contributed by atoms with E-state index in [-0.39, 0.29) is 6.04 Å². The minimum Gasteiger partial charge on any atom is -0.464 e. The van der Waals surface area contributed by atoms with Gasteiger partial charge in [-0.05, 0) is 41.8 Å². The fraction of sp³-hybridized carbons (Fsp3) is 0.150. The first-order chi connectivity index (χ1) is 13.1. The number of thiophene rings is 1. The molecule has 2 aliphatic heterocycles. The zero-order valence-corrected chi connectivity index (χ0v) is 16.3. The summed E-state index contributed by atoms with van der Waals surface area (Å²) in [5.41, 5.74) is 2.53. The molecule has 2 aliphatic rings. The quantitative estimate of drug-likeness (QED) is 0.479. The smallest absolute Gasteiger partial charge is 0.213 e. The third kappa shape index (κ3) is 2.85. The van der Waals surface area contributed by atoms with E-state index in [2.05, 4.69) is 15.9 Å². The number of halogens is 3. The van der Waals surface area contributed by atoms with Gasteiger partial charge in [0, 0.05) is 22.0 Å². The topological polar surface area (TPSA) is 24.8 Å². The van der Waals surface area contributed by atoms with E-state index in [9.17, 15) is 8.78 Å². The van der Waals surface area contributed by atoms with Crippen LogP contribution in [-0.4, -0.2) is 10.7 Å². The average Bonchev–Trinajstić information content (AvgIpc) is 3.33. The first kappa shape index (κ1) is 16.9. The van der Waals surface area contributed by atoms with Crippen molar-refractivity contribution in [3.8, 4) is 5.75 Å². The van der Waals surface area contributed by atoms with Crippen molar-refractivity contribution in [3.63, 3.8) is 0 Å². The van der Waals surface area contributed by atoms with Gasteiger partial charge in [-0.3, -0.25) is 0 Å². The lowest BCUT2D eigenvalue weighted by molar-refractivity contribution is -0.0193. The zero-order chi connectivity index (χ0) is 18.5. The molecule has 0 saturated carbocycles. The molecule has 0 bridgehead atoms. The molecule has 0 radical (unpaired) electrons. The van der Waals surface area contributed by atoms with Crippen LogP contribution in [0.3, 0.4) is 0 Å². The Bertz CT molecular complexity index is 1050. The normalized spacial score (nSPS) is 20.7. The van der Waals surface area contributed by atoms with E-state index < -0.39 is 17.9 Å². The Labute approximate surface area is 167 Å². The minimum absolute atomic E-state index is 0.0264. The number of benzene rings is 2. The van der Waals surface area contributed by atoms with Gasteiger partial charge < -0.3 is 4.74 Å². The Morgan fingerprint density at radius 2 is 2.00 bits per heavy atom. The number of ether oxygens (including phenoxy) is 1. The van der Waals surface area contributed by atoms with Gasteiger partial charge in [-0.15, -0.1) is 11.3 Å². The third-order valence-electron chi connectivity index (χ3n) is 4.79. The molecule has 27 heavy (non-hydrogen) atoms. The van der Waals surface area contributed by atoms with Gasteiger partial charge in [-0.1, -0.05) is 28.1 Å². The van der Waals surface area contributed by atoms with Gasteiger partial charge in [0.2, 0.25) is 6.23 Å². The van der Waals surface area contributed by atoms with Crippen molar-refractivity contribution in [2.75, 3.05) is 0 Å². The molecule has 0 N–H and O–H groups in total. The van der Waals surface area contributed by atoms with Gasteiger partial charge in [-0.2, -0.15) is 5.10 Å². The Hall–Kier alpha value is -2.25. The summed E-state index contributed by atoms with van der Waals surface area (Å²) in [6.07, 6.45) is 0.115. The lowest BCUT2D eigenvalue weighted by atomic mass is 9.97. The molecular weight excluding hydrogens is 434 g/mol. The number of rotatable bonds is 2. The van der Waals surface area contributed by atoms with Crippen LogP contribution in [0.2, 0.25) is 0 Å². The van der Waals surface area contributed by atoms with Crippen molar-refractivity contribution in [3.05, 3.63) is 86.0 Å². The predicted octanol–water partition coefficient (Wildman–Crippen LogP) is 6.03. The van der Waals surface area contributed by atoms with Crippen molar-refractivity contribution in [2.24, 2.45) is 5.10 Å². The van der Waals surface area contributed by atoms with Crippen molar-refractivity contribution in [2.45, 2.75) is 18.7 Å². The Kier molecular flexibility index (Phi) is 4.02. The summed E-state index contributed by atoms with van der Waals surface area (Å²) >= 11 is 5.15. The highest BCUT2D eigenvalue weighted by molar-refractivity contribution is 9.10. The van der Waals surface area contributed by atoms with E-state index in [1.807, 2.05) is 40.7 Å². The Morgan fingerprint density at radius 1 is 1.11 bits per heavy atom. The predicted molar refractivity (Wildman–Crippen MR) is 104 cm³/mol. The molecule has 3 aromatic rings. The summed E-state index contributed by atoms with van der Waals surface area (Å²) in [6.45, 7) is 0. The van der Waals surface area contributed by atoms with Crippen LogP contribution >= 0.6 is 27.3 Å². The summed E-state index contributed by atoms with van der Waals surface area (Å²) in [4.78, 5) is 1.10. The molecule has 5 rings (SSSR count). The number of hydrazone groups is 1. The molecule has 2 aromatic carbocycles. The summed E-state index contributed by atoms with van der Waals surface area (Å²) in [6, 6.07) is 13.7. The summed E-state index contributed by atoms with van der Waals surface area (Å²) in [5, 5.41) is 8.67. The number of nitrogens with zero attached hydrogens (tertiary/aromatic N) is 2. The number of fused-ring (bicyclic) bond motifs is 3. The molecule has 0 unspecified atom stereocenters. The molecule has 3 nitrogen and oxygen atoms in total. The first-order valence-electron chi connectivity index (χ1n) is 8.41. The monoisotopic (exact) mass is 446 g/mol. The second-order valence-electron chi connectivity index (χ2n) is 6.45. The summed E-state index contributed by atoms with van der Waals surface area (Å²) in [7, 11) is 0. The molecule has 0 aliphatic carbocycles. The van der Waals surface area contributed by atoms with Crippen molar-refractivity contribution in [1.29, 1.82) is 0 Å². The van der Waals surface area contributed by atoms with Crippen molar-refractivity contribution in [1.82, 2.24) is 5.01 Å². The first-order valence-corrected chi connectivity index (χ1v) is 10.1. The molecule has 0 saturated heterocycles. The average molecular weight is 447 g/mol. The van der Waals surface area contributed by atoms with Crippen LogP contribution < -0.4 is 4.74 Å². The third-order valence-corrected chi connectivity index (χ3v) is 6.20. The lowest BCUT2D eigenvalue weighted by Gasteiger charge is -2.38. The van der Waals surface area contributed by atoms with Crippen LogP contribution in [0.4, 0.5) is 8.78 Å². The SMILES string of the molecule is Fc1ccc([C@H]2Oc3ccc(Br)cc3[C@@H]3CC(c4cccs4)=NN23)cc1F. The molecule has 1 aromatic heterocycles. The lowest BCUT2D eigenvalue weighted by Crippen LogP contribution is -2.33. The van der Waals surface area contributed by atoms with E-state index >= 15 is 0 Å². The van der Waals surface area contributed by atoms with E-state index in [0.29, 0.717) is 5.56 Å². The molecule has 7 heteroatoms. The van der Waals surface area contributed by atoms with Crippen LogP contribution in [0.1, 0.15) is 34.7 Å². The van der Waals surface area contributed by atoms with Gasteiger partial charge in [0.1, 0.15) is 5.75 Å². The largest absolute Gasteiger partial charge is 0.464 e. The fourth-order valence-corrected chi connectivity index (χ4v) is 4.64. The molecule has 0 fully saturated rings. The molecule has 136 valence electrons. The fourth-order valence-electron chi connectivity index (χ4n) is 3.54. The highest BCUT2D eigenvalue weighted by atomic mass is 79.9. The van der Waals surface area contributed by atoms with Gasteiger partial charge in [0.15, 0.2) is 11.6 Å². The van der Waals surface area contributed by atoms with Crippen LogP contribution in [0.25, 0.3) is 0 Å². The zero-order valence-electron chi connectivity index (χ0n) is 13.9. The van der Waals surface area contributed by atoms with Crippen LogP contribution in [0, 0.1) is 11.6 Å². The van der Waals surface area contributed by atoms with Gasteiger partial charge in [0.05, 0.1) is 16.6 Å². The van der Waals surface area contributed by atoms with E-state index in [1.54, 1.807) is 17.4 Å². The van der Waals surface area contributed by atoms with Gasteiger partial charge in [-0.25, -0.2) is 13.8 Å². The summed E-state index contributed by atoms with van der Waals surface area (Å²) < 4.78 is 34.4. The van der Waals surface area contributed by atoms with E-state index in [0.717, 1.165) is 38.9 Å². The second-order valence-corrected chi connectivity index (χ2v) is 8.31. The number of hydrogen-bond acceptors (Lipinski definition) is 4. The molecular formula is C20H13BrF2N2OS. The molecule has 2 atom stereocenters. The highest BCUT2D eigenvalue weighted by Crippen LogP contribution is 2.48. The highest BCUT2D eigenvalue weighted by Gasteiger charge is 2.41. The van der Waals surface area contributed by atoms with Crippen molar-refractivity contribution >= 4 is 33.0 Å². The number of hydrogen-bond donors (Lipinski definition) is 0. The summed E-state index contributed by atoms with van der Waals surface area (Å²) in [5.74, 6) is -1.03.